The smallest absolute Gasteiger partial charge is 0.324 e. The molecule has 10 heteroatoms. The second-order valence-corrected chi connectivity index (χ2v) is 10.1. The highest BCUT2D eigenvalue weighted by atomic mass is 32.2. The van der Waals surface area contributed by atoms with Crippen LogP contribution in [0.5, 0.6) is 0 Å². The van der Waals surface area contributed by atoms with Gasteiger partial charge in [0.15, 0.2) is 5.41 Å². The molecule has 0 bridgehead atoms. The van der Waals surface area contributed by atoms with Crippen molar-refractivity contribution < 1.29 is 35.9 Å². The minimum absolute atomic E-state index is 0.0976. The predicted molar refractivity (Wildman–Crippen MR) is 101 cm³/mol. The summed E-state index contributed by atoms with van der Waals surface area (Å²) in [6, 6.07) is 6.69. The van der Waals surface area contributed by atoms with Crippen molar-refractivity contribution in [1.82, 2.24) is 0 Å². The van der Waals surface area contributed by atoms with E-state index in [2.05, 4.69) is 0 Å². The summed E-state index contributed by atoms with van der Waals surface area (Å²) >= 11 is 0. The molecule has 0 heterocycles. The van der Waals surface area contributed by atoms with E-state index < -0.39 is 49.1 Å². The lowest BCUT2D eigenvalue weighted by molar-refractivity contribution is -0.162. The van der Waals surface area contributed by atoms with Gasteiger partial charge in [-0.1, -0.05) is 24.6 Å². The van der Waals surface area contributed by atoms with E-state index in [0.717, 1.165) is 26.0 Å². The van der Waals surface area contributed by atoms with Crippen molar-refractivity contribution in [2.24, 2.45) is 5.41 Å². The normalized spacial score (nSPS) is 22.8. The van der Waals surface area contributed by atoms with Crippen LogP contribution in [0.1, 0.15) is 25.3 Å². The molecule has 1 aromatic carbocycles. The topological polar surface area (TPSA) is 113 Å². The van der Waals surface area contributed by atoms with Gasteiger partial charge in [-0.05, 0) is 31.9 Å². The fourth-order valence-electron chi connectivity index (χ4n) is 3.56. The molecule has 0 radical (unpaired) electrons. The quantitative estimate of drug-likeness (QED) is 0.343. The Balaban J connectivity index is 2.69. The van der Waals surface area contributed by atoms with Gasteiger partial charge >= 0.3 is 11.9 Å². The van der Waals surface area contributed by atoms with Gasteiger partial charge in [-0.3, -0.25) is 18.0 Å². The van der Waals surface area contributed by atoms with Crippen molar-refractivity contribution in [3.8, 4) is 0 Å². The van der Waals surface area contributed by atoms with Gasteiger partial charge in [-0.2, -0.15) is 8.42 Å². The van der Waals surface area contributed by atoms with E-state index in [1.807, 2.05) is 6.92 Å². The first kappa shape index (κ1) is 22.5. The number of carbonyl (C=O) groups is 2. The van der Waals surface area contributed by atoms with E-state index in [0.29, 0.717) is 4.90 Å². The lowest BCUT2D eigenvalue weighted by atomic mass is 9.99. The number of ether oxygens (including phenoxy) is 2. The monoisotopic (exact) mass is 432 g/mol. The molecule has 156 valence electrons. The van der Waals surface area contributed by atoms with Crippen LogP contribution >= 0.6 is 0 Å². The first-order chi connectivity index (χ1) is 13.0. The number of hydrogen-bond acceptors (Lipinski definition) is 8. The van der Waals surface area contributed by atoms with Crippen LogP contribution in [-0.2, 0) is 44.2 Å². The first-order valence-corrected chi connectivity index (χ1v) is 11.5. The number of methoxy groups -OCH3 is 2. The summed E-state index contributed by atoms with van der Waals surface area (Å²) in [7, 11) is -3.71. The van der Waals surface area contributed by atoms with Crippen LogP contribution in [0.4, 0.5) is 0 Å². The van der Waals surface area contributed by atoms with Crippen LogP contribution in [-0.4, -0.2) is 55.9 Å². The Morgan fingerprint density at radius 3 is 2.04 bits per heavy atom. The molecule has 3 atom stereocenters. The highest BCUT2D eigenvalue weighted by Gasteiger charge is 2.84. The van der Waals surface area contributed by atoms with E-state index in [-0.39, 0.29) is 12.8 Å². The molecule has 0 aromatic heterocycles. The summed E-state index contributed by atoms with van der Waals surface area (Å²) in [5.41, 5.74) is -0.991. The Labute approximate surface area is 167 Å². The van der Waals surface area contributed by atoms with Gasteiger partial charge in [-0.15, -0.1) is 0 Å². The van der Waals surface area contributed by atoms with Crippen molar-refractivity contribution in [3.05, 3.63) is 29.8 Å². The molecule has 0 aliphatic heterocycles. The highest BCUT2D eigenvalue weighted by molar-refractivity contribution is 7.87. The van der Waals surface area contributed by atoms with E-state index in [4.69, 9.17) is 13.7 Å². The van der Waals surface area contributed by atoms with Crippen molar-refractivity contribution >= 4 is 32.9 Å². The van der Waals surface area contributed by atoms with Crippen LogP contribution in [0.25, 0.3) is 0 Å². The Kier molecular flexibility index (Phi) is 6.37. The van der Waals surface area contributed by atoms with Gasteiger partial charge in [0.1, 0.15) is 4.75 Å². The molecule has 1 aliphatic carbocycles. The molecule has 1 fully saturated rings. The Morgan fingerprint density at radius 1 is 1.14 bits per heavy atom. The minimum Gasteiger partial charge on any atom is -0.468 e. The fourth-order valence-corrected chi connectivity index (χ4v) is 6.43. The zero-order chi connectivity index (χ0) is 21.3. The van der Waals surface area contributed by atoms with E-state index >= 15 is 0 Å². The fraction of sp³-hybridized carbons (Fsp3) is 0.556. The predicted octanol–water partition coefficient (Wildman–Crippen LogP) is 1.33. The van der Waals surface area contributed by atoms with Gasteiger partial charge in [0, 0.05) is 4.90 Å². The number of esters is 2. The number of rotatable bonds is 8. The largest absolute Gasteiger partial charge is 0.468 e. The van der Waals surface area contributed by atoms with Gasteiger partial charge in [0.2, 0.25) is 0 Å². The summed E-state index contributed by atoms with van der Waals surface area (Å²) < 4.78 is 50.4. The van der Waals surface area contributed by atoms with Crippen LogP contribution < -0.4 is 0 Å². The van der Waals surface area contributed by atoms with Gasteiger partial charge in [0.05, 0.1) is 37.4 Å². The van der Waals surface area contributed by atoms with Crippen LogP contribution in [0, 0.1) is 12.3 Å². The molecule has 0 saturated heterocycles. The van der Waals surface area contributed by atoms with Gasteiger partial charge in [-0.25, -0.2) is 0 Å². The average molecular weight is 433 g/mol. The van der Waals surface area contributed by atoms with E-state index in [1.165, 1.54) is 0 Å². The molecule has 0 spiro atoms. The Morgan fingerprint density at radius 2 is 1.64 bits per heavy atom. The molecular formula is C18H24O8S2. The number of carbonyl (C=O) groups excluding carboxylic acids is 2. The van der Waals surface area contributed by atoms with Crippen molar-refractivity contribution in [2.75, 3.05) is 20.5 Å². The molecule has 28 heavy (non-hydrogen) atoms. The molecule has 8 nitrogen and oxygen atoms in total. The third kappa shape index (κ3) is 3.60. The third-order valence-corrected chi connectivity index (χ3v) is 7.64. The molecule has 1 aromatic rings. The molecule has 1 saturated carbocycles. The maximum Gasteiger partial charge on any atom is 0.324 e. The van der Waals surface area contributed by atoms with Crippen molar-refractivity contribution in [1.29, 1.82) is 0 Å². The Bertz CT molecular complexity index is 875. The lowest BCUT2D eigenvalue weighted by Gasteiger charge is -2.28. The summed E-state index contributed by atoms with van der Waals surface area (Å²) in [5.74, 6) is -1.87. The Hall–Kier alpha value is -1.78. The SMILES string of the molecule is CCC(OS(C)(=O)=O)[C@@]1([S@@](=O)c2ccc(C)cc2)CC1(C(=O)OC)C(=O)OC. The second kappa shape index (κ2) is 7.92. The third-order valence-electron chi connectivity index (χ3n) is 4.94. The number of aryl methyl sites for hydroxylation is 1. The second-order valence-electron chi connectivity index (χ2n) is 6.73. The minimum atomic E-state index is -3.95. The maximum atomic E-state index is 13.6. The molecule has 1 unspecified atom stereocenters. The summed E-state index contributed by atoms with van der Waals surface area (Å²) in [4.78, 5) is 25.6. The maximum absolute atomic E-state index is 13.6. The number of benzene rings is 1. The van der Waals surface area contributed by atoms with Crippen molar-refractivity contribution in [3.63, 3.8) is 0 Å². The standard InChI is InChI=1S/C18H24O8S2/c1-6-14(26-28(5,22)23)18(27(21)13-9-7-12(2)8-10-13)11-17(18,15(19)24-3)16(20)25-4/h7-10,14H,6,11H2,1-5H3/t14?,18-,27-/m0/s1. The zero-order valence-electron chi connectivity index (χ0n) is 16.4. The number of hydrogen-bond donors (Lipinski definition) is 0. The average Bonchev–Trinajstić information content (AvgIpc) is 3.36. The van der Waals surface area contributed by atoms with Crippen LogP contribution in [0.2, 0.25) is 0 Å². The van der Waals surface area contributed by atoms with E-state index in [1.54, 1.807) is 31.2 Å². The molecule has 0 amide bonds. The molecule has 1 aliphatic rings. The van der Waals surface area contributed by atoms with Crippen molar-refractivity contribution in [2.45, 2.75) is 42.4 Å². The van der Waals surface area contributed by atoms with E-state index in [9.17, 15) is 22.2 Å². The summed E-state index contributed by atoms with van der Waals surface area (Å²) in [6.45, 7) is 3.48. The summed E-state index contributed by atoms with van der Waals surface area (Å²) in [5, 5.41) is 0. The molecule has 2 rings (SSSR count). The first-order valence-electron chi connectivity index (χ1n) is 8.53. The zero-order valence-corrected chi connectivity index (χ0v) is 18.0. The lowest BCUT2D eigenvalue weighted by Crippen LogP contribution is -2.47. The molecular weight excluding hydrogens is 408 g/mol. The highest BCUT2D eigenvalue weighted by Crippen LogP contribution is 2.65. The van der Waals surface area contributed by atoms with Crippen LogP contribution in [0.15, 0.2) is 29.2 Å². The summed E-state index contributed by atoms with van der Waals surface area (Å²) in [6.07, 6.45) is -0.449. The molecule has 0 N–H and O–H groups in total. The van der Waals surface area contributed by atoms with Gasteiger partial charge in [0.25, 0.3) is 10.1 Å². The van der Waals surface area contributed by atoms with Crippen LogP contribution in [0.3, 0.4) is 0 Å². The van der Waals surface area contributed by atoms with Gasteiger partial charge < -0.3 is 9.47 Å².